The summed E-state index contributed by atoms with van der Waals surface area (Å²) < 4.78 is 27.4. The van der Waals surface area contributed by atoms with Gasteiger partial charge >= 0.3 is 5.97 Å². The number of nitrogens with zero attached hydrogens (tertiary/aromatic N) is 1. The summed E-state index contributed by atoms with van der Waals surface area (Å²) in [5, 5.41) is 16.4. The summed E-state index contributed by atoms with van der Waals surface area (Å²) in [5.41, 5.74) is 7.20. The van der Waals surface area contributed by atoms with Crippen molar-refractivity contribution in [3.8, 4) is 0 Å². The number of benzene rings is 2. The average Bonchev–Trinajstić information content (AvgIpc) is 3.39. The standard InChI is InChI=1S/C29H36ClN5O6S/c30-21-8-10-22(11-9-21)42(40,41)35-15-12-19(13-16-35)27(36)34-26(17-20-18-32-24-6-2-1-5-23(20)24)28(37)33-25(29(38)39)7-3-4-14-31/h1-2,5-6,8-11,18-19,25-26,32H,3-4,7,12-17,31H2,(H,33,37)(H,34,36)(H,38,39). The van der Waals surface area contributed by atoms with Crippen molar-refractivity contribution in [3.63, 3.8) is 0 Å². The molecule has 226 valence electrons. The number of nitrogens with one attached hydrogen (secondary N) is 3. The molecular weight excluding hydrogens is 582 g/mol. The van der Waals surface area contributed by atoms with Crippen LogP contribution in [0.3, 0.4) is 0 Å². The number of hydrogen-bond donors (Lipinski definition) is 5. The van der Waals surface area contributed by atoms with E-state index in [1.54, 1.807) is 6.20 Å². The van der Waals surface area contributed by atoms with Gasteiger partial charge in [0.1, 0.15) is 12.1 Å². The predicted octanol–water partition coefficient (Wildman–Crippen LogP) is 2.65. The minimum atomic E-state index is -3.74. The van der Waals surface area contributed by atoms with Gasteiger partial charge in [0.2, 0.25) is 21.8 Å². The Bertz CT molecular complexity index is 1500. The number of carbonyl (C=O) groups excluding carboxylic acids is 2. The van der Waals surface area contributed by atoms with Crippen LogP contribution >= 0.6 is 11.6 Å². The molecule has 0 radical (unpaired) electrons. The van der Waals surface area contributed by atoms with Crippen molar-refractivity contribution < 1.29 is 27.9 Å². The lowest BCUT2D eigenvalue weighted by atomic mass is 9.96. The zero-order valence-corrected chi connectivity index (χ0v) is 24.7. The molecule has 42 heavy (non-hydrogen) atoms. The van der Waals surface area contributed by atoms with Gasteiger partial charge in [0.25, 0.3) is 0 Å². The molecule has 0 saturated carbocycles. The minimum Gasteiger partial charge on any atom is -0.480 e. The maximum Gasteiger partial charge on any atom is 0.326 e. The molecule has 2 unspecified atom stereocenters. The second-order valence-corrected chi connectivity index (χ2v) is 12.8. The number of aromatic amines is 1. The van der Waals surface area contributed by atoms with Crippen LogP contribution in [0.5, 0.6) is 0 Å². The molecule has 2 aromatic carbocycles. The monoisotopic (exact) mass is 617 g/mol. The van der Waals surface area contributed by atoms with Crippen LogP contribution in [-0.4, -0.2) is 72.3 Å². The Kier molecular flexibility index (Phi) is 10.6. The summed E-state index contributed by atoms with van der Waals surface area (Å²) in [6, 6.07) is 11.3. The van der Waals surface area contributed by atoms with Crippen molar-refractivity contribution in [2.24, 2.45) is 11.7 Å². The Morgan fingerprint density at radius 2 is 1.71 bits per heavy atom. The molecule has 0 aliphatic carbocycles. The van der Waals surface area contributed by atoms with Crippen molar-refractivity contribution in [3.05, 3.63) is 65.3 Å². The van der Waals surface area contributed by atoms with Crippen LogP contribution in [0.2, 0.25) is 5.02 Å². The number of halogens is 1. The first-order valence-electron chi connectivity index (χ1n) is 13.9. The van der Waals surface area contributed by atoms with Gasteiger partial charge in [-0.1, -0.05) is 29.8 Å². The fourth-order valence-electron chi connectivity index (χ4n) is 5.16. The smallest absolute Gasteiger partial charge is 0.326 e. The van der Waals surface area contributed by atoms with Crippen LogP contribution in [0.1, 0.15) is 37.7 Å². The highest BCUT2D eigenvalue weighted by molar-refractivity contribution is 7.89. The fraction of sp³-hybridized carbons (Fsp3) is 0.414. The predicted molar refractivity (Wildman–Crippen MR) is 159 cm³/mol. The highest BCUT2D eigenvalue weighted by Crippen LogP contribution is 2.25. The zero-order valence-electron chi connectivity index (χ0n) is 23.1. The van der Waals surface area contributed by atoms with Gasteiger partial charge in [0, 0.05) is 47.6 Å². The van der Waals surface area contributed by atoms with Crippen molar-refractivity contribution in [2.45, 2.75) is 55.5 Å². The Morgan fingerprint density at radius 3 is 2.38 bits per heavy atom. The summed E-state index contributed by atoms with van der Waals surface area (Å²) in [5.74, 6) is -2.66. The Hall–Kier alpha value is -3.45. The molecule has 6 N–H and O–H groups in total. The molecule has 2 atom stereocenters. The molecule has 0 spiro atoms. The molecule has 1 saturated heterocycles. The van der Waals surface area contributed by atoms with E-state index in [0.717, 1.165) is 16.5 Å². The molecule has 4 rings (SSSR count). The van der Waals surface area contributed by atoms with E-state index >= 15 is 0 Å². The van der Waals surface area contributed by atoms with Gasteiger partial charge < -0.3 is 26.5 Å². The second-order valence-electron chi connectivity index (χ2n) is 10.4. The second kappa shape index (κ2) is 14.1. The lowest BCUT2D eigenvalue weighted by Crippen LogP contribution is -2.54. The van der Waals surface area contributed by atoms with Crippen LogP contribution in [0, 0.1) is 5.92 Å². The van der Waals surface area contributed by atoms with E-state index in [2.05, 4.69) is 15.6 Å². The van der Waals surface area contributed by atoms with E-state index in [1.807, 2.05) is 24.3 Å². The summed E-state index contributed by atoms with van der Waals surface area (Å²) in [6.07, 6.45) is 3.83. The number of carboxylic acid groups (broad SMARTS) is 1. The molecule has 2 heterocycles. The summed E-state index contributed by atoms with van der Waals surface area (Å²) in [4.78, 5) is 41.9. The minimum absolute atomic E-state index is 0.129. The number of H-pyrrole nitrogens is 1. The van der Waals surface area contributed by atoms with Gasteiger partial charge in [-0.05, 0) is 74.5 Å². The molecule has 1 aliphatic rings. The van der Waals surface area contributed by atoms with Gasteiger partial charge in [-0.3, -0.25) is 9.59 Å². The topological polar surface area (TPSA) is 175 Å². The van der Waals surface area contributed by atoms with Crippen molar-refractivity contribution in [1.82, 2.24) is 19.9 Å². The van der Waals surface area contributed by atoms with Gasteiger partial charge in [-0.2, -0.15) is 4.31 Å². The number of sulfonamides is 1. The van der Waals surface area contributed by atoms with Crippen molar-refractivity contribution in [1.29, 1.82) is 0 Å². The van der Waals surface area contributed by atoms with Crippen LogP contribution < -0.4 is 16.4 Å². The number of nitrogens with two attached hydrogens (primary N) is 1. The van der Waals surface area contributed by atoms with E-state index in [4.69, 9.17) is 17.3 Å². The Labute approximate surface area is 249 Å². The lowest BCUT2D eigenvalue weighted by molar-refractivity contribution is -0.142. The number of unbranched alkanes of at least 4 members (excludes halogenated alkanes) is 1. The van der Waals surface area contributed by atoms with Gasteiger partial charge in [-0.15, -0.1) is 0 Å². The van der Waals surface area contributed by atoms with Gasteiger partial charge in [-0.25, -0.2) is 13.2 Å². The maximum absolute atomic E-state index is 13.4. The zero-order chi connectivity index (χ0) is 30.3. The van der Waals surface area contributed by atoms with Crippen LogP contribution in [-0.2, 0) is 30.8 Å². The third kappa shape index (κ3) is 7.68. The lowest BCUT2D eigenvalue weighted by Gasteiger charge is -2.31. The number of carboxylic acids is 1. The first-order valence-corrected chi connectivity index (χ1v) is 15.8. The molecule has 3 aromatic rings. The Balaban J connectivity index is 1.46. The molecular formula is C29H36ClN5O6S. The summed E-state index contributed by atoms with van der Waals surface area (Å²) in [7, 11) is -3.74. The van der Waals surface area contributed by atoms with E-state index < -0.39 is 39.9 Å². The van der Waals surface area contributed by atoms with Gasteiger partial charge in [0.15, 0.2) is 0 Å². The third-order valence-corrected chi connectivity index (χ3v) is 9.73. The molecule has 1 aliphatic heterocycles. The maximum atomic E-state index is 13.4. The highest BCUT2D eigenvalue weighted by atomic mass is 35.5. The summed E-state index contributed by atoms with van der Waals surface area (Å²) in [6.45, 7) is 0.703. The van der Waals surface area contributed by atoms with Gasteiger partial charge in [0.05, 0.1) is 4.90 Å². The molecule has 0 bridgehead atoms. The summed E-state index contributed by atoms with van der Waals surface area (Å²) >= 11 is 5.89. The van der Waals surface area contributed by atoms with Crippen LogP contribution in [0.4, 0.5) is 0 Å². The number of aliphatic carboxylic acids is 1. The van der Waals surface area contributed by atoms with Crippen molar-refractivity contribution >= 4 is 50.3 Å². The number of hydrogen-bond acceptors (Lipinski definition) is 6. The molecule has 1 aromatic heterocycles. The quantitative estimate of drug-likeness (QED) is 0.183. The third-order valence-electron chi connectivity index (χ3n) is 7.57. The average molecular weight is 618 g/mol. The molecule has 11 nitrogen and oxygen atoms in total. The normalized spacial score (nSPS) is 16.1. The van der Waals surface area contributed by atoms with Crippen molar-refractivity contribution in [2.75, 3.05) is 19.6 Å². The largest absolute Gasteiger partial charge is 0.480 e. The first-order chi connectivity index (χ1) is 20.1. The number of carbonyl (C=O) groups is 3. The molecule has 2 amide bonds. The Morgan fingerprint density at radius 1 is 1.02 bits per heavy atom. The SMILES string of the molecule is NCCCCC(NC(=O)C(Cc1c[nH]c2ccccc12)NC(=O)C1CCN(S(=O)(=O)c2ccc(Cl)cc2)CC1)C(=O)O. The number of para-hydroxylation sites is 1. The fourth-order valence-corrected chi connectivity index (χ4v) is 6.75. The number of rotatable bonds is 13. The van der Waals surface area contributed by atoms with E-state index in [1.165, 1.54) is 28.6 Å². The van der Waals surface area contributed by atoms with Crippen LogP contribution in [0.25, 0.3) is 10.9 Å². The number of piperidine rings is 1. The number of aromatic nitrogens is 1. The number of amides is 2. The van der Waals surface area contributed by atoms with E-state index in [0.29, 0.717) is 24.4 Å². The first kappa shape index (κ1) is 31.5. The van der Waals surface area contributed by atoms with Crippen LogP contribution in [0.15, 0.2) is 59.6 Å². The van der Waals surface area contributed by atoms with E-state index in [-0.39, 0.29) is 49.6 Å². The highest BCUT2D eigenvalue weighted by Gasteiger charge is 2.34. The van der Waals surface area contributed by atoms with E-state index in [9.17, 15) is 27.9 Å². The number of fused-ring (bicyclic) bond motifs is 1. The molecule has 1 fully saturated rings. The molecule has 13 heteroatoms.